The Kier molecular flexibility index (Phi) is 6.72. The molecule has 0 aromatic carbocycles. The fourth-order valence-electron chi connectivity index (χ4n) is 2.03. The normalized spacial score (nSPS) is 18.5. The van der Waals surface area contributed by atoms with Crippen LogP contribution in [0.4, 0.5) is 5.69 Å². The Morgan fingerprint density at radius 1 is 1.46 bits per heavy atom. The highest BCUT2D eigenvalue weighted by molar-refractivity contribution is 6.76. The summed E-state index contributed by atoms with van der Waals surface area (Å²) < 4.78 is 23.1. The zero-order chi connectivity index (χ0) is 17.6. The predicted molar refractivity (Wildman–Crippen MR) is 89.0 cm³/mol. The Morgan fingerprint density at radius 2 is 2.25 bits per heavy atom. The van der Waals surface area contributed by atoms with Crippen molar-refractivity contribution in [3.63, 3.8) is 0 Å². The zero-order valence-electron chi connectivity index (χ0n) is 14.4. The first kappa shape index (κ1) is 18.8. The molecule has 24 heavy (non-hydrogen) atoms. The monoisotopic (exact) mass is 359 g/mol. The fraction of sp³-hybridized carbons (Fsp3) is 0.786. The van der Waals surface area contributed by atoms with E-state index in [9.17, 15) is 10.1 Å². The SMILES string of the molecule is C[Si](C)(C)CCOCn1cc([N+](=O)[O-])c(OC[C@H]2COCCO2)n1. The lowest BCUT2D eigenvalue weighted by molar-refractivity contribution is -0.386. The number of rotatable bonds is 9. The Labute approximate surface area is 142 Å². The van der Waals surface area contributed by atoms with Gasteiger partial charge in [-0.2, -0.15) is 0 Å². The molecule has 136 valence electrons. The predicted octanol–water partition coefficient (Wildman–Crippen LogP) is 1.90. The lowest BCUT2D eigenvalue weighted by Crippen LogP contribution is -2.33. The van der Waals surface area contributed by atoms with Crippen molar-refractivity contribution in [3.05, 3.63) is 16.3 Å². The smallest absolute Gasteiger partial charge is 0.350 e. The number of nitro groups is 1. The Hall–Kier alpha value is -1.49. The first-order chi connectivity index (χ1) is 11.3. The third kappa shape index (κ3) is 6.19. The molecule has 2 heterocycles. The summed E-state index contributed by atoms with van der Waals surface area (Å²) in [6.07, 6.45) is 1.08. The van der Waals surface area contributed by atoms with E-state index in [-0.39, 0.29) is 31.0 Å². The summed E-state index contributed by atoms with van der Waals surface area (Å²) in [5, 5.41) is 15.2. The van der Waals surface area contributed by atoms with Crippen LogP contribution in [0.15, 0.2) is 6.20 Å². The van der Waals surface area contributed by atoms with E-state index >= 15 is 0 Å². The molecule has 1 atom stereocenters. The second-order valence-corrected chi connectivity index (χ2v) is 12.5. The summed E-state index contributed by atoms with van der Waals surface area (Å²) in [6, 6.07) is 1.03. The van der Waals surface area contributed by atoms with Gasteiger partial charge in [0.05, 0.1) is 24.7 Å². The van der Waals surface area contributed by atoms with Crippen molar-refractivity contribution in [2.45, 2.75) is 38.5 Å². The van der Waals surface area contributed by atoms with Gasteiger partial charge in [-0.25, -0.2) is 4.68 Å². The van der Waals surface area contributed by atoms with Gasteiger partial charge < -0.3 is 18.9 Å². The number of ether oxygens (including phenoxy) is 4. The van der Waals surface area contributed by atoms with Crippen LogP contribution in [0, 0.1) is 10.1 Å². The third-order valence-corrected chi connectivity index (χ3v) is 5.12. The van der Waals surface area contributed by atoms with E-state index < -0.39 is 13.0 Å². The molecule has 0 N–H and O–H groups in total. The van der Waals surface area contributed by atoms with Crippen LogP contribution in [0.5, 0.6) is 5.88 Å². The molecule has 1 aromatic heterocycles. The van der Waals surface area contributed by atoms with Gasteiger partial charge in [-0.05, 0) is 6.04 Å². The Bertz CT molecular complexity index is 539. The Morgan fingerprint density at radius 3 is 2.88 bits per heavy atom. The molecule has 9 nitrogen and oxygen atoms in total. The van der Waals surface area contributed by atoms with Crippen LogP contribution in [-0.2, 0) is 20.9 Å². The lowest BCUT2D eigenvalue weighted by Gasteiger charge is -2.22. The van der Waals surface area contributed by atoms with Crippen molar-refractivity contribution >= 4 is 13.8 Å². The zero-order valence-corrected chi connectivity index (χ0v) is 15.4. The molecule has 1 saturated heterocycles. The molecule has 1 aliphatic rings. The first-order valence-corrected chi connectivity index (χ1v) is 11.7. The van der Waals surface area contributed by atoms with Crippen LogP contribution in [-0.4, -0.2) is 61.9 Å². The molecule has 0 saturated carbocycles. The van der Waals surface area contributed by atoms with E-state index in [4.69, 9.17) is 18.9 Å². The number of hydrogen-bond acceptors (Lipinski definition) is 7. The highest BCUT2D eigenvalue weighted by Gasteiger charge is 2.23. The van der Waals surface area contributed by atoms with Crippen LogP contribution >= 0.6 is 0 Å². The topological polar surface area (TPSA) is 97.9 Å². The van der Waals surface area contributed by atoms with Crippen molar-refractivity contribution in [3.8, 4) is 5.88 Å². The van der Waals surface area contributed by atoms with E-state index in [0.717, 1.165) is 6.04 Å². The molecular formula is C14H25N3O6Si. The minimum absolute atomic E-state index is 0.0250. The van der Waals surface area contributed by atoms with Gasteiger partial charge in [0.1, 0.15) is 25.6 Å². The van der Waals surface area contributed by atoms with Gasteiger partial charge in [0.15, 0.2) is 0 Å². The van der Waals surface area contributed by atoms with Crippen molar-refractivity contribution in [2.24, 2.45) is 0 Å². The minimum Gasteiger partial charge on any atom is -0.469 e. The van der Waals surface area contributed by atoms with Crippen molar-refractivity contribution in [2.75, 3.05) is 33.0 Å². The molecule has 10 heteroatoms. The van der Waals surface area contributed by atoms with Crippen LogP contribution < -0.4 is 4.74 Å². The van der Waals surface area contributed by atoms with Gasteiger partial charge in [0.25, 0.3) is 0 Å². The highest BCUT2D eigenvalue weighted by Crippen LogP contribution is 2.25. The van der Waals surface area contributed by atoms with Crippen LogP contribution in [0.2, 0.25) is 25.7 Å². The average molecular weight is 359 g/mol. The van der Waals surface area contributed by atoms with Gasteiger partial charge in [-0.15, -0.1) is 5.10 Å². The summed E-state index contributed by atoms with van der Waals surface area (Å²) >= 11 is 0. The van der Waals surface area contributed by atoms with Crippen LogP contribution in [0.25, 0.3) is 0 Å². The Balaban J connectivity index is 1.87. The van der Waals surface area contributed by atoms with Gasteiger partial charge in [-0.1, -0.05) is 19.6 Å². The van der Waals surface area contributed by atoms with Crippen molar-refractivity contribution in [1.82, 2.24) is 9.78 Å². The second kappa shape index (κ2) is 8.56. The number of hydrogen-bond donors (Lipinski definition) is 0. The summed E-state index contributed by atoms with van der Waals surface area (Å²) in [4.78, 5) is 10.6. The van der Waals surface area contributed by atoms with Crippen molar-refractivity contribution in [1.29, 1.82) is 0 Å². The summed E-state index contributed by atoms with van der Waals surface area (Å²) in [5.41, 5.74) is -0.180. The van der Waals surface area contributed by atoms with Gasteiger partial charge in [0, 0.05) is 14.7 Å². The largest absolute Gasteiger partial charge is 0.469 e. The van der Waals surface area contributed by atoms with E-state index in [0.29, 0.717) is 26.4 Å². The lowest BCUT2D eigenvalue weighted by atomic mass is 10.4. The molecule has 1 aromatic rings. The maximum Gasteiger partial charge on any atom is 0.350 e. The molecule has 0 unspecified atom stereocenters. The van der Waals surface area contributed by atoms with Gasteiger partial charge in [0.2, 0.25) is 0 Å². The maximum atomic E-state index is 11.1. The fourth-order valence-corrected chi connectivity index (χ4v) is 2.79. The van der Waals surface area contributed by atoms with Gasteiger partial charge in [-0.3, -0.25) is 10.1 Å². The molecule has 1 aliphatic heterocycles. The van der Waals surface area contributed by atoms with Gasteiger partial charge >= 0.3 is 11.6 Å². The average Bonchev–Trinajstić information content (AvgIpc) is 2.93. The van der Waals surface area contributed by atoms with Crippen LogP contribution in [0.1, 0.15) is 0 Å². The third-order valence-electron chi connectivity index (χ3n) is 3.42. The first-order valence-electron chi connectivity index (χ1n) is 7.97. The van der Waals surface area contributed by atoms with Crippen molar-refractivity contribution < 1.29 is 23.9 Å². The van der Waals surface area contributed by atoms with E-state index in [1.165, 1.54) is 10.9 Å². The summed E-state index contributed by atoms with van der Waals surface area (Å²) in [5.74, 6) is -0.0250. The standard InChI is InChI=1S/C14H25N3O6Si/c1-24(2,3)7-6-21-11-16-8-13(17(18)19)14(15-16)23-10-12-9-20-4-5-22-12/h8,12H,4-7,9-11H2,1-3H3/t12-/m1/s1. The molecule has 0 radical (unpaired) electrons. The second-order valence-electron chi connectivity index (χ2n) is 6.84. The highest BCUT2D eigenvalue weighted by atomic mass is 28.3. The molecule has 2 rings (SSSR count). The van der Waals surface area contributed by atoms with Crippen LogP contribution in [0.3, 0.4) is 0 Å². The summed E-state index contributed by atoms with van der Waals surface area (Å²) in [6.45, 7) is 9.19. The van der Waals surface area contributed by atoms with E-state index in [2.05, 4.69) is 24.7 Å². The number of aromatic nitrogens is 2. The quantitative estimate of drug-likeness (QED) is 0.287. The number of nitrogens with zero attached hydrogens (tertiary/aromatic N) is 3. The molecule has 1 fully saturated rings. The molecule has 0 amide bonds. The minimum atomic E-state index is -1.16. The van der Waals surface area contributed by atoms with E-state index in [1.54, 1.807) is 0 Å². The summed E-state index contributed by atoms with van der Waals surface area (Å²) in [7, 11) is -1.16. The molecule has 0 bridgehead atoms. The maximum absolute atomic E-state index is 11.1. The van der Waals surface area contributed by atoms with E-state index in [1.807, 2.05) is 0 Å². The molecule has 0 aliphatic carbocycles. The molecule has 0 spiro atoms. The molecular weight excluding hydrogens is 334 g/mol.